The standard InChI is InChI=1S/C24H22N4O7S2/c1-15-22(23(31)28(27(15)2)17-7-4-3-5-8-17)25-20(30)14-35-24(32)18-13-16(10-11-19(18)29)26-37(33,34)21-9-6-12-36-21/h3-13,26,29H,14H2,1-2H3,(H,25,30). The first-order chi connectivity index (χ1) is 17.6. The van der Waals surface area contributed by atoms with Crippen LogP contribution in [0.2, 0.25) is 0 Å². The zero-order valence-electron chi connectivity index (χ0n) is 19.7. The number of carbonyl (C=O) groups is 2. The smallest absolute Gasteiger partial charge is 0.342 e. The average molecular weight is 543 g/mol. The number of nitrogens with one attached hydrogen (secondary N) is 2. The normalized spacial score (nSPS) is 11.2. The lowest BCUT2D eigenvalue weighted by Crippen LogP contribution is -2.26. The highest BCUT2D eigenvalue weighted by molar-refractivity contribution is 7.94. The zero-order valence-corrected chi connectivity index (χ0v) is 21.3. The molecule has 13 heteroatoms. The largest absolute Gasteiger partial charge is 0.507 e. The number of carbonyl (C=O) groups excluding carboxylic acids is 2. The number of aromatic hydroxyl groups is 1. The van der Waals surface area contributed by atoms with Crippen LogP contribution in [-0.4, -0.2) is 41.4 Å². The molecule has 4 aromatic rings. The van der Waals surface area contributed by atoms with Gasteiger partial charge in [-0.15, -0.1) is 11.3 Å². The molecule has 4 rings (SSSR count). The van der Waals surface area contributed by atoms with Crippen LogP contribution in [0.3, 0.4) is 0 Å². The van der Waals surface area contributed by atoms with Gasteiger partial charge in [0.05, 0.1) is 11.4 Å². The van der Waals surface area contributed by atoms with E-state index in [9.17, 15) is 27.9 Å². The van der Waals surface area contributed by atoms with Crippen LogP contribution in [0.25, 0.3) is 5.69 Å². The monoisotopic (exact) mass is 542 g/mol. The lowest BCUT2D eigenvalue weighted by molar-refractivity contribution is -0.119. The van der Waals surface area contributed by atoms with Crippen LogP contribution in [0.15, 0.2) is 75.0 Å². The Bertz CT molecular complexity index is 1620. The molecule has 0 atom stereocenters. The summed E-state index contributed by atoms with van der Waals surface area (Å²) in [6, 6.07) is 15.4. The third-order valence-corrected chi connectivity index (χ3v) is 8.16. The van der Waals surface area contributed by atoms with Gasteiger partial charge in [0.2, 0.25) is 0 Å². The molecule has 11 nitrogen and oxygen atoms in total. The number of sulfonamides is 1. The first-order valence-corrected chi connectivity index (χ1v) is 13.1. The first kappa shape index (κ1) is 25.7. The van der Waals surface area contributed by atoms with Crippen LogP contribution < -0.4 is 15.6 Å². The molecule has 0 saturated carbocycles. The van der Waals surface area contributed by atoms with Crippen LogP contribution in [0, 0.1) is 6.92 Å². The van der Waals surface area contributed by atoms with E-state index in [1.807, 2.05) is 6.07 Å². The van der Waals surface area contributed by atoms with Gasteiger partial charge in [-0.3, -0.25) is 19.0 Å². The van der Waals surface area contributed by atoms with Gasteiger partial charge in [-0.05, 0) is 48.7 Å². The van der Waals surface area contributed by atoms with Crippen molar-refractivity contribution < 1.29 is 27.9 Å². The molecular formula is C24H22N4O7S2. The van der Waals surface area contributed by atoms with Crippen LogP contribution in [0.5, 0.6) is 5.75 Å². The number of nitrogens with zero attached hydrogens (tertiary/aromatic N) is 2. The molecule has 0 aliphatic heterocycles. The maximum Gasteiger partial charge on any atom is 0.342 e. The Morgan fingerprint density at radius 3 is 2.49 bits per heavy atom. The number of para-hydroxylation sites is 1. The molecule has 0 spiro atoms. The highest BCUT2D eigenvalue weighted by Crippen LogP contribution is 2.25. The van der Waals surface area contributed by atoms with E-state index in [-0.39, 0.29) is 21.1 Å². The highest BCUT2D eigenvalue weighted by Gasteiger charge is 2.21. The molecule has 37 heavy (non-hydrogen) atoms. The van der Waals surface area contributed by atoms with Gasteiger partial charge in [-0.1, -0.05) is 24.3 Å². The molecule has 2 aromatic heterocycles. The molecule has 0 unspecified atom stereocenters. The summed E-state index contributed by atoms with van der Waals surface area (Å²) >= 11 is 1.02. The SMILES string of the molecule is Cc1c(NC(=O)COC(=O)c2cc(NS(=O)(=O)c3cccs3)ccc2O)c(=O)n(-c2ccccc2)n1C. The van der Waals surface area contributed by atoms with Crippen molar-refractivity contribution in [1.29, 1.82) is 0 Å². The summed E-state index contributed by atoms with van der Waals surface area (Å²) in [5.41, 5.74) is 0.326. The molecule has 3 N–H and O–H groups in total. The Morgan fingerprint density at radius 2 is 1.81 bits per heavy atom. The number of phenolic OH excluding ortho intramolecular Hbond substituents is 1. The average Bonchev–Trinajstić information content (AvgIpc) is 3.49. The Hall–Kier alpha value is -4.36. The van der Waals surface area contributed by atoms with E-state index in [0.29, 0.717) is 11.4 Å². The van der Waals surface area contributed by atoms with Gasteiger partial charge in [-0.2, -0.15) is 0 Å². The number of ether oxygens (including phenoxy) is 1. The quantitative estimate of drug-likeness (QED) is 0.229. The number of hydrogen-bond acceptors (Lipinski definition) is 8. The molecule has 2 heterocycles. The molecular weight excluding hydrogens is 520 g/mol. The van der Waals surface area contributed by atoms with Crippen molar-refractivity contribution in [2.45, 2.75) is 11.1 Å². The van der Waals surface area contributed by atoms with Crippen LogP contribution in [-0.2, 0) is 26.6 Å². The summed E-state index contributed by atoms with van der Waals surface area (Å²) in [4.78, 5) is 37.9. The van der Waals surface area contributed by atoms with E-state index >= 15 is 0 Å². The zero-order chi connectivity index (χ0) is 26.7. The van der Waals surface area contributed by atoms with Crippen LogP contribution >= 0.6 is 11.3 Å². The minimum Gasteiger partial charge on any atom is -0.507 e. The number of thiophene rings is 1. The molecule has 0 fully saturated rings. The van der Waals surface area contributed by atoms with Crippen molar-refractivity contribution in [3.63, 3.8) is 0 Å². The Balaban J connectivity index is 1.45. The van der Waals surface area contributed by atoms with Crippen molar-refractivity contribution in [3.8, 4) is 11.4 Å². The molecule has 0 bridgehead atoms. The maximum atomic E-state index is 12.9. The first-order valence-electron chi connectivity index (χ1n) is 10.8. The van der Waals surface area contributed by atoms with Gasteiger partial charge >= 0.3 is 5.97 Å². The highest BCUT2D eigenvalue weighted by atomic mass is 32.2. The fourth-order valence-corrected chi connectivity index (χ4v) is 5.52. The fraction of sp³-hybridized carbons (Fsp3) is 0.125. The summed E-state index contributed by atoms with van der Waals surface area (Å²) in [5, 5.41) is 14.1. The number of rotatable bonds is 8. The minimum absolute atomic E-state index is 0.0176. The van der Waals surface area contributed by atoms with Crippen LogP contribution in [0.4, 0.5) is 11.4 Å². The molecule has 0 radical (unpaired) electrons. The van der Waals surface area contributed by atoms with E-state index in [1.165, 1.54) is 16.8 Å². The van der Waals surface area contributed by atoms with Gasteiger partial charge in [0.25, 0.3) is 21.5 Å². The predicted octanol–water partition coefficient (Wildman–Crippen LogP) is 2.85. The second-order valence-corrected chi connectivity index (χ2v) is 10.7. The van der Waals surface area contributed by atoms with Crippen molar-refractivity contribution in [2.24, 2.45) is 7.05 Å². The Labute approximate surface area is 215 Å². The Morgan fingerprint density at radius 1 is 1.08 bits per heavy atom. The van der Waals surface area contributed by atoms with Gasteiger partial charge in [-0.25, -0.2) is 17.9 Å². The van der Waals surface area contributed by atoms with Crippen LogP contribution in [0.1, 0.15) is 16.1 Å². The van der Waals surface area contributed by atoms with E-state index in [1.54, 1.807) is 54.4 Å². The number of aromatic nitrogens is 2. The van der Waals surface area contributed by atoms with E-state index < -0.39 is 39.8 Å². The summed E-state index contributed by atoms with van der Waals surface area (Å²) < 4.78 is 35.2. The Kier molecular flexibility index (Phi) is 7.18. The third kappa shape index (κ3) is 5.42. The molecule has 1 amide bonds. The lowest BCUT2D eigenvalue weighted by atomic mass is 10.2. The lowest BCUT2D eigenvalue weighted by Gasteiger charge is -2.10. The maximum absolute atomic E-state index is 12.9. The van der Waals surface area contributed by atoms with Gasteiger partial charge in [0.15, 0.2) is 6.61 Å². The third-order valence-electron chi connectivity index (χ3n) is 5.38. The van der Waals surface area contributed by atoms with Gasteiger partial charge in [0, 0.05) is 12.7 Å². The second-order valence-electron chi connectivity index (χ2n) is 7.83. The van der Waals surface area contributed by atoms with Crippen molar-refractivity contribution >= 4 is 44.6 Å². The van der Waals surface area contributed by atoms with E-state index in [0.717, 1.165) is 23.5 Å². The summed E-state index contributed by atoms with van der Waals surface area (Å²) in [5.74, 6) is -2.29. The van der Waals surface area contributed by atoms with Gasteiger partial charge < -0.3 is 15.2 Å². The predicted molar refractivity (Wildman–Crippen MR) is 138 cm³/mol. The second kappa shape index (κ2) is 10.3. The van der Waals surface area contributed by atoms with Gasteiger partial charge in [0.1, 0.15) is 21.2 Å². The molecule has 192 valence electrons. The fourth-order valence-electron chi connectivity index (χ4n) is 3.48. The minimum atomic E-state index is -3.88. The summed E-state index contributed by atoms with van der Waals surface area (Å²) in [6.07, 6.45) is 0. The number of anilines is 2. The number of hydrogen-bond donors (Lipinski definition) is 3. The number of benzene rings is 2. The number of amides is 1. The summed E-state index contributed by atoms with van der Waals surface area (Å²) in [6.45, 7) is 0.909. The van der Waals surface area contributed by atoms with E-state index in [2.05, 4.69) is 10.0 Å². The molecule has 0 aliphatic carbocycles. The van der Waals surface area contributed by atoms with Crippen molar-refractivity contribution in [2.75, 3.05) is 16.6 Å². The topological polar surface area (TPSA) is 149 Å². The van der Waals surface area contributed by atoms with Crippen molar-refractivity contribution in [3.05, 3.63) is 87.7 Å². The number of esters is 1. The van der Waals surface area contributed by atoms with Crippen molar-refractivity contribution in [1.82, 2.24) is 9.36 Å². The molecule has 0 aliphatic rings. The van der Waals surface area contributed by atoms with E-state index in [4.69, 9.17) is 4.74 Å². The summed E-state index contributed by atoms with van der Waals surface area (Å²) in [7, 11) is -2.21. The molecule has 0 saturated heterocycles. The number of phenols is 1. The molecule has 2 aromatic carbocycles.